The maximum absolute atomic E-state index is 11.9. The van der Waals surface area contributed by atoms with Gasteiger partial charge in [-0.1, -0.05) is 17.7 Å². The molecule has 2 rings (SSSR count). The third-order valence-electron chi connectivity index (χ3n) is 3.08. The fourth-order valence-electron chi connectivity index (χ4n) is 2.00. The Labute approximate surface area is 124 Å². The van der Waals surface area contributed by atoms with E-state index < -0.39 is 0 Å². The van der Waals surface area contributed by atoms with Gasteiger partial charge in [0.15, 0.2) is 0 Å². The molecule has 1 amide bonds. The lowest BCUT2D eigenvalue weighted by atomic mass is 10.1. The summed E-state index contributed by atoms with van der Waals surface area (Å²) < 4.78 is 5.20. The summed E-state index contributed by atoms with van der Waals surface area (Å²) in [5.74, 6) is 0.608. The molecule has 0 bridgehead atoms. The molecule has 0 atom stereocenters. The third kappa shape index (κ3) is 3.92. The lowest BCUT2D eigenvalue weighted by Gasteiger charge is -2.04. The Kier molecular flexibility index (Phi) is 4.72. The molecule has 21 heavy (non-hydrogen) atoms. The van der Waals surface area contributed by atoms with Crippen LogP contribution in [-0.2, 0) is 0 Å². The van der Waals surface area contributed by atoms with Gasteiger partial charge in [0.1, 0.15) is 5.75 Å². The van der Waals surface area contributed by atoms with Gasteiger partial charge in [-0.25, -0.2) is 5.43 Å². The number of methoxy groups -OCH3 is 1. The molecule has 2 aromatic carbocycles. The highest BCUT2D eigenvalue weighted by Crippen LogP contribution is 2.17. The molecule has 0 unspecified atom stereocenters. The van der Waals surface area contributed by atoms with Crippen molar-refractivity contribution >= 4 is 12.1 Å². The van der Waals surface area contributed by atoms with E-state index in [-0.39, 0.29) is 5.91 Å². The number of hydrogen-bond acceptors (Lipinski definition) is 3. The van der Waals surface area contributed by atoms with Gasteiger partial charge in [-0.2, -0.15) is 5.10 Å². The number of hydrazone groups is 1. The molecule has 1 N–H and O–H groups in total. The number of carbonyl (C=O) groups excluding carboxylic acids is 1. The van der Waals surface area contributed by atoms with E-state index in [0.717, 1.165) is 22.4 Å². The van der Waals surface area contributed by atoms with E-state index in [1.807, 2.05) is 50.2 Å². The quantitative estimate of drug-likeness (QED) is 0.692. The van der Waals surface area contributed by atoms with Crippen molar-refractivity contribution in [2.75, 3.05) is 7.11 Å². The molecular formula is C17H18N2O2. The van der Waals surface area contributed by atoms with E-state index in [4.69, 9.17) is 4.74 Å². The number of carbonyl (C=O) groups is 1. The monoisotopic (exact) mass is 282 g/mol. The Hall–Kier alpha value is -2.62. The minimum atomic E-state index is -0.222. The van der Waals surface area contributed by atoms with Crippen LogP contribution in [-0.4, -0.2) is 19.2 Å². The van der Waals surface area contributed by atoms with Crippen LogP contribution in [0.2, 0.25) is 0 Å². The van der Waals surface area contributed by atoms with Gasteiger partial charge < -0.3 is 4.74 Å². The van der Waals surface area contributed by atoms with E-state index in [0.29, 0.717) is 5.56 Å². The predicted octanol–water partition coefficient (Wildman–Crippen LogP) is 3.08. The fourth-order valence-corrected chi connectivity index (χ4v) is 2.00. The molecule has 4 heteroatoms. The van der Waals surface area contributed by atoms with E-state index in [9.17, 15) is 4.79 Å². The summed E-state index contributed by atoms with van der Waals surface area (Å²) in [4.78, 5) is 11.9. The number of nitrogens with zero attached hydrogens (tertiary/aromatic N) is 1. The predicted molar refractivity (Wildman–Crippen MR) is 84.0 cm³/mol. The van der Waals surface area contributed by atoms with Crippen molar-refractivity contribution in [2.45, 2.75) is 13.8 Å². The Balaban J connectivity index is 2.02. The molecule has 0 aromatic heterocycles. The largest absolute Gasteiger partial charge is 0.496 e. The number of hydrogen-bond donors (Lipinski definition) is 1. The first kappa shape index (κ1) is 14.8. The van der Waals surface area contributed by atoms with Crippen LogP contribution in [0.5, 0.6) is 5.75 Å². The summed E-state index contributed by atoms with van der Waals surface area (Å²) in [7, 11) is 1.64. The zero-order chi connectivity index (χ0) is 15.2. The van der Waals surface area contributed by atoms with Crippen LogP contribution in [0.15, 0.2) is 47.6 Å². The number of amides is 1. The molecule has 2 aromatic rings. The molecular weight excluding hydrogens is 264 g/mol. The van der Waals surface area contributed by atoms with Crippen molar-refractivity contribution < 1.29 is 9.53 Å². The van der Waals surface area contributed by atoms with Gasteiger partial charge in [-0.15, -0.1) is 0 Å². The van der Waals surface area contributed by atoms with Gasteiger partial charge in [-0.05, 0) is 55.3 Å². The maximum Gasteiger partial charge on any atom is 0.271 e. The van der Waals surface area contributed by atoms with E-state index in [1.165, 1.54) is 0 Å². The molecule has 108 valence electrons. The topological polar surface area (TPSA) is 50.7 Å². The second-order valence-corrected chi connectivity index (χ2v) is 4.80. The first-order chi connectivity index (χ1) is 10.1. The Morgan fingerprint density at radius 2 is 2.00 bits per heavy atom. The third-order valence-corrected chi connectivity index (χ3v) is 3.08. The second-order valence-electron chi connectivity index (χ2n) is 4.80. The molecule has 0 aliphatic heterocycles. The molecule has 4 nitrogen and oxygen atoms in total. The van der Waals surface area contributed by atoms with Crippen molar-refractivity contribution in [1.29, 1.82) is 0 Å². The minimum absolute atomic E-state index is 0.222. The van der Waals surface area contributed by atoms with E-state index >= 15 is 0 Å². The van der Waals surface area contributed by atoms with Crippen molar-refractivity contribution in [3.05, 3.63) is 64.7 Å². The number of benzene rings is 2. The van der Waals surface area contributed by atoms with Gasteiger partial charge in [0, 0.05) is 5.56 Å². The van der Waals surface area contributed by atoms with Gasteiger partial charge in [0.05, 0.1) is 13.3 Å². The first-order valence-corrected chi connectivity index (χ1v) is 6.65. The smallest absolute Gasteiger partial charge is 0.271 e. The molecule has 0 saturated carbocycles. The standard InChI is InChI=1S/C17H18N2O2/c1-12-5-4-6-15(9-12)17(20)19-18-11-14-7-8-16(21-3)13(2)10-14/h4-11H,1-3H3,(H,19,20). The number of rotatable bonds is 4. The summed E-state index contributed by atoms with van der Waals surface area (Å²) in [6.45, 7) is 3.90. The Morgan fingerprint density at radius 1 is 1.19 bits per heavy atom. The van der Waals surface area contributed by atoms with Crippen LogP contribution in [0.3, 0.4) is 0 Å². The van der Waals surface area contributed by atoms with Crippen LogP contribution in [0.4, 0.5) is 0 Å². The van der Waals surface area contributed by atoms with Crippen LogP contribution >= 0.6 is 0 Å². The lowest BCUT2D eigenvalue weighted by molar-refractivity contribution is 0.0955. The molecule has 0 spiro atoms. The highest BCUT2D eigenvalue weighted by atomic mass is 16.5. The van der Waals surface area contributed by atoms with Crippen molar-refractivity contribution in [3.8, 4) is 5.75 Å². The van der Waals surface area contributed by atoms with Gasteiger partial charge in [-0.3, -0.25) is 4.79 Å². The average molecular weight is 282 g/mol. The zero-order valence-corrected chi connectivity index (χ0v) is 12.4. The van der Waals surface area contributed by atoms with Gasteiger partial charge in [0.2, 0.25) is 0 Å². The van der Waals surface area contributed by atoms with Gasteiger partial charge >= 0.3 is 0 Å². The van der Waals surface area contributed by atoms with Crippen LogP contribution in [0.1, 0.15) is 27.0 Å². The maximum atomic E-state index is 11.9. The summed E-state index contributed by atoms with van der Waals surface area (Å²) in [6, 6.07) is 13.1. The number of ether oxygens (including phenoxy) is 1. The zero-order valence-electron chi connectivity index (χ0n) is 12.4. The molecule has 0 aliphatic carbocycles. The van der Waals surface area contributed by atoms with Crippen molar-refractivity contribution in [3.63, 3.8) is 0 Å². The number of aryl methyl sites for hydroxylation is 2. The normalized spacial score (nSPS) is 10.6. The summed E-state index contributed by atoms with van der Waals surface area (Å²) >= 11 is 0. The summed E-state index contributed by atoms with van der Waals surface area (Å²) in [5.41, 5.74) is 6.08. The molecule has 0 heterocycles. The van der Waals surface area contributed by atoms with Crippen molar-refractivity contribution in [1.82, 2.24) is 5.43 Å². The average Bonchev–Trinajstić information content (AvgIpc) is 2.47. The first-order valence-electron chi connectivity index (χ1n) is 6.65. The van der Waals surface area contributed by atoms with Crippen LogP contribution in [0, 0.1) is 13.8 Å². The Morgan fingerprint density at radius 3 is 2.67 bits per heavy atom. The summed E-state index contributed by atoms with van der Waals surface area (Å²) in [6.07, 6.45) is 1.61. The number of nitrogens with one attached hydrogen (secondary N) is 1. The highest BCUT2D eigenvalue weighted by molar-refractivity contribution is 5.95. The minimum Gasteiger partial charge on any atom is -0.496 e. The summed E-state index contributed by atoms with van der Waals surface area (Å²) in [5, 5.41) is 3.98. The fraction of sp³-hybridized carbons (Fsp3) is 0.176. The van der Waals surface area contributed by atoms with Crippen LogP contribution < -0.4 is 10.2 Å². The van der Waals surface area contributed by atoms with Crippen molar-refractivity contribution in [2.24, 2.45) is 5.10 Å². The molecule has 0 saturated heterocycles. The lowest BCUT2D eigenvalue weighted by Crippen LogP contribution is -2.17. The molecule has 0 radical (unpaired) electrons. The Bertz CT molecular complexity index is 678. The SMILES string of the molecule is COc1ccc(C=NNC(=O)c2cccc(C)c2)cc1C. The molecule has 0 fully saturated rings. The van der Waals surface area contributed by atoms with Crippen LogP contribution in [0.25, 0.3) is 0 Å². The van der Waals surface area contributed by atoms with E-state index in [2.05, 4.69) is 10.5 Å². The highest BCUT2D eigenvalue weighted by Gasteiger charge is 2.03. The van der Waals surface area contributed by atoms with Gasteiger partial charge in [0.25, 0.3) is 5.91 Å². The molecule has 0 aliphatic rings. The second kappa shape index (κ2) is 6.70. The van der Waals surface area contributed by atoms with E-state index in [1.54, 1.807) is 19.4 Å².